The second kappa shape index (κ2) is 11.3. The molecule has 0 bridgehead atoms. The Bertz CT molecular complexity index is 1430. The number of benzene rings is 2. The molecule has 0 spiro atoms. The summed E-state index contributed by atoms with van der Waals surface area (Å²) in [5.41, 5.74) is 8.47. The molecule has 41 heavy (non-hydrogen) atoms. The van der Waals surface area contributed by atoms with Crippen LogP contribution in [0.3, 0.4) is 0 Å². The monoisotopic (exact) mass is 558 g/mol. The third-order valence-electron chi connectivity index (χ3n) is 8.76. The second-order valence-corrected chi connectivity index (χ2v) is 12.2. The number of carbonyl (C=O) groups is 2. The second-order valence-electron chi connectivity index (χ2n) is 12.2. The third-order valence-corrected chi connectivity index (χ3v) is 8.76. The number of amides is 2. The van der Waals surface area contributed by atoms with Gasteiger partial charge in [-0.15, -0.1) is 0 Å². The first-order valence-corrected chi connectivity index (χ1v) is 14.3. The molecule has 2 aliphatic rings. The molecule has 2 amide bonds. The molecule has 216 valence electrons. The van der Waals surface area contributed by atoms with Gasteiger partial charge in [-0.25, -0.2) is 4.39 Å². The minimum atomic E-state index is -0.890. The normalized spacial score (nSPS) is 25.7. The summed E-state index contributed by atoms with van der Waals surface area (Å²) < 4.78 is 15.4. The van der Waals surface area contributed by atoms with E-state index in [1.807, 2.05) is 49.5 Å². The molecule has 0 radical (unpaired) electrons. The number of hydrogen-bond donors (Lipinski definition) is 3. The minimum Gasteiger partial charge on any atom is -0.390 e. The summed E-state index contributed by atoms with van der Waals surface area (Å²) in [6, 6.07) is 16.8. The van der Waals surface area contributed by atoms with Gasteiger partial charge in [0.25, 0.3) is 0 Å². The van der Waals surface area contributed by atoms with Crippen molar-refractivity contribution in [2.75, 3.05) is 12.4 Å². The molecule has 5 rings (SSSR count). The lowest BCUT2D eigenvalue weighted by molar-refractivity contribution is -0.130. The van der Waals surface area contributed by atoms with Gasteiger partial charge in [-0.2, -0.15) is 0 Å². The molecule has 0 aliphatic heterocycles. The lowest BCUT2D eigenvalue weighted by Crippen LogP contribution is -2.58. The van der Waals surface area contributed by atoms with E-state index in [1.54, 1.807) is 31.0 Å². The lowest BCUT2D eigenvalue weighted by Gasteiger charge is -2.49. The lowest BCUT2D eigenvalue weighted by atomic mass is 9.63. The molecule has 3 aromatic rings. The molecule has 2 saturated carbocycles. The third kappa shape index (κ3) is 6.34. The number of rotatable bonds is 7. The number of anilines is 1. The van der Waals surface area contributed by atoms with Gasteiger partial charge in [-0.3, -0.25) is 14.6 Å². The van der Waals surface area contributed by atoms with Gasteiger partial charge in [0.2, 0.25) is 11.8 Å². The fourth-order valence-corrected chi connectivity index (χ4v) is 6.63. The van der Waals surface area contributed by atoms with Crippen LogP contribution in [0.5, 0.6) is 0 Å². The summed E-state index contributed by atoms with van der Waals surface area (Å²) in [7, 11) is 1.85. The summed E-state index contributed by atoms with van der Waals surface area (Å²) in [6.45, 7) is 3.30. The van der Waals surface area contributed by atoms with Crippen LogP contribution in [-0.2, 0) is 15.1 Å². The van der Waals surface area contributed by atoms with E-state index in [2.05, 4.69) is 10.3 Å². The molecule has 1 aromatic heterocycles. The molecule has 2 fully saturated rings. The summed E-state index contributed by atoms with van der Waals surface area (Å²) in [6.07, 6.45) is 6.25. The quantitative estimate of drug-likeness (QED) is 0.349. The van der Waals surface area contributed by atoms with E-state index in [9.17, 15) is 14.7 Å². The number of halogens is 1. The minimum absolute atomic E-state index is 0.0676. The van der Waals surface area contributed by atoms with Crippen LogP contribution in [0.1, 0.15) is 64.4 Å². The van der Waals surface area contributed by atoms with Gasteiger partial charge in [-0.05, 0) is 69.1 Å². The zero-order chi connectivity index (χ0) is 29.4. The van der Waals surface area contributed by atoms with Crippen LogP contribution in [0, 0.1) is 11.7 Å². The van der Waals surface area contributed by atoms with Gasteiger partial charge in [0.05, 0.1) is 23.2 Å². The molecule has 7 nitrogen and oxygen atoms in total. The van der Waals surface area contributed by atoms with Crippen LogP contribution in [0.2, 0.25) is 0 Å². The van der Waals surface area contributed by atoms with Crippen LogP contribution < -0.4 is 11.1 Å². The van der Waals surface area contributed by atoms with Crippen molar-refractivity contribution in [1.29, 1.82) is 0 Å². The van der Waals surface area contributed by atoms with Gasteiger partial charge >= 0.3 is 0 Å². The largest absolute Gasteiger partial charge is 0.390 e. The van der Waals surface area contributed by atoms with Crippen molar-refractivity contribution in [3.05, 3.63) is 72.2 Å². The van der Waals surface area contributed by atoms with Crippen molar-refractivity contribution in [3.63, 3.8) is 0 Å². The van der Waals surface area contributed by atoms with Crippen molar-refractivity contribution in [2.45, 2.75) is 76.0 Å². The molecule has 0 saturated heterocycles. The molecule has 4 N–H and O–H groups in total. The average molecular weight is 559 g/mol. The Kier molecular flexibility index (Phi) is 7.99. The fourth-order valence-electron chi connectivity index (χ4n) is 6.63. The maximum absolute atomic E-state index is 15.4. The zero-order valence-electron chi connectivity index (χ0n) is 24.0. The SMILES string of the molecule is CC(=O)N(C)C1CCC(CC(=O)Nc2cnc(-c3ccc([C@]4(N)C[C@](C)(O)C4)c(F)c3)c(-c3ccccc3)c2)CC1. The number of aliphatic hydroxyl groups is 1. The van der Waals surface area contributed by atoms with Crippen molar-refractivity contribution in [3.8, 4) is 22.4 Å². The Morgan fingerprint density at radius 1 is 1.07 bits per heavy atom. The highest BCUT2D eigenvalue weighted by Crippen LogP contribution is 2.47. The first kappa shape index (κ1) is 28.9. The predicted molar refractivity (Wildman–Crippen MR) is 158 cm³/mol. The van der Waals surface area contributed by atoms with Crippen molar-refractivity contribution < 1.29 is 19.1 Å². The number of pyridine rings is 1. The van der Waals surface area contributed by atoms with E-state index < -0.39 is 17.0 Å². The van der Waals surface area contributed by atoms with Gasteiger partial charge in [0.15, 0.2) is 0 Å². The Morgan fingerprint density at radius 2 is 1.76 bits per heavy atom. The fraction of sp³-hybridized carbons (Fsp3) is 0.424. The number of carbonyl (C=O) groups excluding carboxylic acids is 2. The molecule has 2 aromatic carbocycles. The summed E-state index contributed by atoms with van der Waals surface area (Å²) in [5, 5.41) is 13.2. The first-order chi connectivity index (χ1) is 19.4. The molecular weight excluding hydrogens is 519 g/mol. The van der Waals surface area contributed by atoms with E-state index in [-0.39, 0.29) is 23.8 Å². The standard InChI is InChI=1S/C33H39FN4O3/c1-21(39)38(3)26-12-9-22(10-13-26)15-30(40)37-25-17-27(23-7-5-4-6-8-23)31(36-18-25)24-11-14-28(29(34)16-24)33(35)19-32(2,41)20-33/h4-8,11,14,16-18,22,26,41H,9-10,12-13,15,19-20,35H2,1-3H3,(H,37,40)/t22?,26?,32-,33-. The summed E-state index contributed by atoms with van der Waals surface area (Å²) >= 11 is 0. The van der Waals surface area contributed by atoms with Crippen LogP contribution in [-0.4, -0.2) is 45.5 Å². The molecule has 2 aliphatic carbocycles. The highest BCUT2D eigenvalue weighted by molar-refractivity contribution is 5.93. The van der Waals surface area contributed by atoms with E-state index >= 15 is 4.39 Å². The first-order valence-electron chi connectivity index (χ1n) is 14.3. The smallest absolute Gasteiger partial charge is 0.224 e. The van der Waals surface area contributed by atoms with Gasteiger partial charge in [0, 0.05) is 48.7 Å². The highest BCUT2D eigenvalue weighted by Gasteiger charge is 2.50. The van der Waals surface area contributed by atoms with Crippen molar-refractivity contribution in [2.24, 2.45) is 11.7 Å². The Labute approximate surface area is 241 Å². The molecule has 0 unspecified atom stereocenters. The zero-order valence-corrected chi connectivity index (χ0v) is 24.0. The number of hydrogen-bond acceptors (Lipinski definition) is 5. The Hall–Kier alpha value is -3.62. The van der Waals surface area contributed by atoms with E-state index in [4.69, 9.17) is 5.73 Å². The van der Waals surface area contributed by atoms with E-state index in [1.165, 1.54) is 6.07 Å². The Morgan fingerprint density at radius 3 is 2.37 bits per heavy atom. The van der Waals surface area contributed by atoms with Crippen LogP contribution in [0.15, 0.2) is 60.8 Å². The molecule has 8 heteroatoms. The van der Waals surface area contributed by atoms with Crippen molar-refractivity contribution >= 4 is 17.5 Å². The number of nitrogens with two attached hydrogens (primary N) is 1. The van der Waals surface area contributed by atoms with E-state index in [0.29, 0.717) is 41.8 Å². The molecule has 0 atom stereocenters. The average Bonchev–Trinajstić information content (AvgIpc) is 2.92. The van der Waals surface area contributed by atoms with Gasteiger partial charge in [-0.1, -0.05) is 42.5 Å². The maximum atomic E-state index is 15.4. The van der Waals surface area contributed by atoms with Crippen LogP contribution in [0.25, 0.3) is 22.4 Å². The number of aromatic nitrogens is 1. The van der Waals surface area contributed by atoms with Crippen molar-refractivity contribution in [1.82, 2.24) is 9.88 Å². The topological polar surface area (TPSA) is 109 Å². The molecular formula is C33H39FN4O3. The number of nitrogens with zero attached hydrogens (tertiary/aromatic N) is 2. The molecule has 1 heterocycles. The summed E-state index contributed by atoms with van der Waals surface area (Å²) in [4.78, 5) is 31.1. The number of nitrogens with one attached hydrogen (secondary N) is 1. The Balaban J connectivity index is 1.33. The highest BCUT2D eigenvalue weighted by atomic mass is 19.1. The maximum Gasteiger partial charge on any atom is 0.224 e. The van der Waals surface area contributed by atoms with Gasteiger partial charge < -0.3 is 21.1 Å². The predicted octanol–water partition coefficient (Wildman–Crippen LogP) is 5.62. The van der Waals surface area contributed by atoms with Gasteiger partial charge in [0.1, 0.15) is 5.82 Å². The van der Waals surface area contributed by atoms with E-state index in [0.717, 1.165) is 36.8 Å². The van der Waals surface area contributed by atoms with Crippen LogP contribution in [0.4, 0.5) is 10.1 Å². The van der Waals surface area contributed by atoms with Crippen LogP contribution >= 0.6 is 0 Å². The summed E-state index contributed by atoms with van der Waals surface area (Å²) in [5.74, 6) is -0.144.